The standard InChI is InChI=1S/C10H15NO4/c1-14-9(12)6-4-3-5-7(11)8(6)10(13)15-2/h7H,3-5,11H2,1-2H3. The number of methoxy groups -OCH3 is 2. The molecule has 1 atom stereocenters. The van der Waals surface area contributed by atoms with Gasteiger partial charge >= 0.3 is 11.9 Å². The molecule has 0 heterocycles. The van der Waals surface area contributed by atoms with Gasteiger partial charge in [0.05, 0.1) is 19.8 Å². The van der Waals surface area contributed by atoms with Gasteiger partial charge in [0.25, 0.3) is 0 Å². The van der Waals surface area contributed by atoms with E-state index in [1.807, 2.05) is 0 Å². The van der Waals surface area contributed by atoms with Gasteiger partial charge in [-0.05, 0) is 19.3 Å². The Kier molecular flexibility index (Phi) is 3.85. The Morgan fingerprint density at radius 3 is 2.40 bits per heavy atom. The van der Waals surface area contributed by atoms with Crippen LogP contribution in [0.2, 0.25) is 0 Å². The molecule has 0 fully saturated rings. The number of esters is 2. The highest BCUT2D eigenvalue weighted by atomic mass is 16.5. The van der Waals surface area contributed by atoms with Crippen molar-refractivity contribution in [2.45, 2.75) is 25.3 Å². The predicted molar refractivity (Wildman–Crippen MR) is 52.9 cm³/mol. The summed E-state index contributed by atoms with van der Waals surface area (Å²) in [5.74, 6) is -1.03. The van der Waals surface area contributed by atoms with E-state index in [4.69, 9.17) is 5.73 Å². The Morgan fingerprint density at radius 2 is 1.87 bits per heavy atom. The van der Waals surface area contributed by atoms with Crippen LogP contribution < -0.4 is 5.73 Å². The van der Waals surface area contributed by atoms with Gasteiger partial charge < -0.3 is 15.2 Å². The lowest BCUT2D eigenvalue weighted by Gasteiger charge is -2.22. The average molecular weight is 213 g/mol. The lowest BCUT2D eigenvalue weighted by Crippen LogP contribution is -2.34. The van der Waals surface area contributed by atoms with Crippen molar-refractivity contribution in [1.82, 2.24) is 0 Å². The molecule has 2 N–H and O–H groups in total. The van der Waals surface area contributed by atoms with E-state index < -0.39 is 18.0 Å². The highest BCUT2D eigenvalue weighted by Crippen LogP contribution is 2.25. The van der Waals surface area contributed by atoms with Crippen LogP contribution >= 0.6 is 0 Å². The van der Waals surface area contributed by atoms with E-state index in [-0.39, 0.29) is 5.57 Å². The van der Waals surface area contributed by atoms with E-state index in [2.05, 4.69) is 9.47 Å². The van der Waals surface area contributed by atoms with Crippen LogP contribution in [0.25, 0.3) is 0 Å². The molecule has 0 aromatic carbocycles. The number of hydrogen-bond acceptors (Lipinski definition) is 5. The van der Waals surface area contributed by atoms with E-state index in [0.717, 1.165) is 6.42 Å². The molecule has 0 radical (unpaired) electrons. The van der Waals surface area contributed by atoms with Crippen LogP contribution in [0, 0.1) is 0 Å². The Labute approximate surface area is 88.2 Å². The van der Waals surface area contributed by atoms with E-state index in [0.29, 0.717) is 18.4 Å². The number of carbonyl (C=O) groups is 2. The first-order valence-corrected chi connectivity index (χ1v) is 4.77. The van der Waals surface area contributed by atoms with E-state index in [9.17, 15) is 9.59 Å². The molecule has 0 bridgehead atoms. The summed E-state index contributed by atoms with van der Waals surface area (Å²) in [5, 5.41) is 0. The van der Waals surface area contributed by atoms with Gasteiger partial charge in [-0.25, -0.2) is 9.59 Å². The molecule has 0 aromatic rings. The van der Waals surface area contributed by atoms with Crippen LogP contribution in [0.15, 0.2) is 11.1 Å². The van der Waals surface area contributed by atoms with Crippen molar-refractivity contribution < 1.29 is 19.1 Å². The quantitative estimate of drug-likeness (QED) is 0.660. The molecule has 1 rings (SSSR count). The van der Waals surface area contributed by atoms with Gasteiger partial charge in [0.1, 0.15) is 0 Å². The van der Waals surface area contributed by atoms with Gasteiger partial charge in [0, 0.05) is 11.6 Å². The Balaban J connectivity index is 3.10. The lowest BCUT2D eigenvalue weighted by molar-refractivity contribution is -0.140. The van der Waals surface area contributed by atoms with Crippen LogP contribution in [-0.4, -0.2) is 32.2 Å². The topological polar surface area (TPSA) is 78.6 Å². The van der Waals surface area contributed by atoms with E-state index in [1.165, 1.54) is 14.2 Å². The summed E-state index contributed by atoms with van der Waals surface area (Å²) in [4.78, 5) is 22.8. The van der Waals surface area contributed by atoms with Gasteiger partial charge in [-0.2, -0.15) is 0 Å². The maximum absolute atomic E-state index is 11.4. The minimum atomic E-state index is -0.539. The Hall–Kier alpha value is -1.36. The van der Waals surface area contributed by atoms with Gasteiger partial charge in [-0.15, -0.1) is 0 Å². The van der Waals surface area contributed by atoms with Crippen LogP contribution in [0.1, 0.15) is 19.3 Å². The predicted octanol–water partition coefficient (Wildman–Crippen LogP) is 0.140. The fourth-order valence-corrected chi connectivity index (χ4v) is 1.72. The normalized spacial score (nSPS) is 21.1. The minimum Gasteiger partial charge on any atom is -0.466 e. The van der Waals surface area contributed by atoms with Crippen LogP contribution in [-0.2, 0) is 19.1 Å². The Morgan fingerprint density at radius 1 is 1.27 bits per heavy atom. The third kappa shape index (κ3) is 2.36. The highest BCUT2D eigenvalue weighted by molar-refractivity contribution is 6.01. The average Bonchev–Trinajstić information content (AvgIpc) is 2.26. The second-order valence-corrected chi connectivity index (χ2v) is 3.37. The van der Waals surface area contributed by atoms with Gasteiger partial charge in [0.2, 0.25) is 0 Å². The molecule has 0 amide bonds. The molecule has 1 aliphatic carbocycles. The molecule has 0 saturated heterocycles. The first kappa shape index (κ1) is 11.7. The zero-order chi connectivity index (χ0) is 11.4. The SMILES string of the molecule is COC(=O)C1=C(C(=O)OC)C(N)CCC1. The third-order valence-electron chi connectivity index (χ3n) is 2.47. The third-order valence-corrected chi connectivity index (χ3v) is 2.47. The van der Waals surface area contributed by atoms with Crippen LogP contribution in [0.4, 0.5) is 0 Å². The summed E-state index contributed by atoms with van der Waals surface area (Å²) in [6, 6.07) is -0.430. The fraction of sp³-hybridized carbons (Fsp3) is 0.600. The molecule has 0 aromatic heterocycles. The molecule has 0 spiro atoms. The summed E-state index contributed by atoms with van der Waals surface area (Å²) in [6.07, 6.45) is 1.99. The zero-order valence-corrected chi connectivity index (χ0v) is 8.91. The first-order chi connectivity index (χ1) is 7.11. The van der Waals surface area contributed by atoms with Crippen molar-refractivity contribution in [3.63, 3.8) is 0 Å². The van der Waals surface area contributed by atoms with Gasteiger partial charge in [0.15, 0.2) is 0 Å². The van der Waals surface area contributed by atoms with Crippen molar-refractivity contribution >= 4 is 11.9 Å². The van der Waals surface area contributed by atoms with E-state index >= 15 is 0 Å². The smallest absolute Gasteiger partial charge is 0.335 e. The molecule has 1 unspecified atom stereocenters. The molecule has 5 heteroatoms. The maximum Gasteiger partial charge on any atom is 0.335 e. The molecule has 0 aliphatic heterocycles. The molecule has 84 valence electrons. The summed E-state index contributed by atoms with van der Waals surface area (Å²) in [7, 11) is 2.55. The zero-order valence-electron chi connectivity index (χ0n) is 8.91. The Bertz CT molecular complexity index is 309. The largest absolute Gasteiger partial charge is 0.466 e. The van der Waals surface area contributed by atoms with Gasteiger partial charge in [-0.3, -0.25) is 0 Å². The number of nitrogens with two attached hydrogens (primary N) is 1. The van der Waals surface area contributed by atoms with Crippen molar-refractivity contribution in [2.75, 3.05) is 14.2 Å². The molecular weight excluding hydrogens is 198 g/mol. The van der Waals surface area contributed by atoms with Crippen LogP contribution in [0.5, 0.6) is 0 Å². The van der Waals surface area contributed by atoms with Crippen molar-refractivity contribution in [2.24, 2.45) is 5.73 Å². The lowest BCUT2D eigenvalue weighted by atomic mass is 9.88. The summed E-state index contributed by atoms with van der Waals surface area (Å²) in [5.41, 5.74) is 6.38. The summed E-state index contributed by atoms with van der Waals surface area (Å²) >= 11 is 0. The first-order valence-electron chi connectivity index (χ1n) is 4.77. The monoisotopic (exact) mass is 213 g/mol. The number of carbonyl (C=O) groups excluding carboxylic acids is 2. The molecular formula is C10H15NO4. The minimum absolute atomic E-state index is 0.260. The number of ether oxygens (including phenoxy) is 2. The summed E-state index contributed by atoms with van der Waals surface area (Å²) < 4.78 is 9.20. The van der Waals surface area contributed by atoms with E-state index in [1.54, 1.807) is 0 Å². The maximum atomic E-state index is 11.4. The second-order valence-electron chi connectivity index (χ2n) is 3.37. The fourth-order valence-electron chi connectivity index (χ4n) is 1.72. The van der Waals surface area contributed by atoms with Crippen molar-refractivity contribution in [3.8, 4) is 0 Å². The second kappa shape index (κ2) is 4.93. The molecule has 15 heavy (non-hydrogen) atoms. The summed E-state index contributed by atoms with van der Waals surface area (Å²) in [6.45, 7) is 0. The highest BCUT2D eigenvalue weighted by Gasteiger charge is 2.30. The van der Waals surface area contributed by atoms with Crippen LogP contribution in [0.3, 0.4) is 0 Å². The molecule has 1 aliphatic rings. The van der Waals surface area contributed by atoms with Gasteiger partial charge in [-0.1, -0.05) is 0 Å². The van der Waals surface area contributed by atoms with Crippen molar-refractivity contribution in [1.29, 1.82) is 0 Å². The molecule has 5 nitrogen and oxygen atoms in total. The molecule has 0 saturated carbocycles. The van der Waals surface area contributed by atoms with Crippen molar-refractivity contribution in [3.05, 3.63) is 11.1 Å². The number of hydrogen-bond donors (Lipinski definition) is 1. The number of rotatable bonds is 2.